The number of carbonyl (C=O) groups is 1. The predicted octanol–water partition coefficient (Wildman–Crippen LogP) is 4.07. The Morgan fingerprint density at radius 1 is 1.26 bits per heavy atom. The molecule has 140 valence electrons. The molecule has 1 unspecified atom stereocenters. The molecule has 0 aliphatic heterocycles. The van der Waals surface area contributed by atoms with Crippen LogP contribution in [0.2, 0.25) is 5.02 Å². The van der Waals surface area contributed by atoms with Gasteiger partial charge in [0.05, 0.1) is 12.1 Å². The molecule has 0 bridgehead atoms. The first-order valence-corrected chi connectivity index (χ1v) is 9.55. The SMILES string of the molecule is CC(C)C(NC(=O)N[C@@H]1CCc2cc(Cl)ccc21)c1nnc2ccccn12. The Bertz CT molecular complexity index is 983. The number of nitrogens with zero attached hydrogens (tertiary/aromatic N) is 3. The minimum Gasteiger partial charge on any atom is -0.331 e. The molecule has 2 aromatic heterocycles. The summed E-state index contributed by atoms with van der Waals surface area (Å²) < 4.78 is 1.91. The third kappa shape index (κ3) is 3.49. The van der Waals surface area contributed by atoms with E-state index < -0.39 is 0 Å². The number of fused-ring (bicyclic) bond motifs is 2. The van der Waals surface area contributed by atoms with Crippen molar-refractivity contribution in [2.24, 2.45) is 5.92 Å². The molecule has 2 atom stereocenters. The first-order valence-electron chi connectivity index (χ1n) is 9.18. The van der Waals surface area contributed by atoms with Crippen LogP contribution >= 0.6 is 11.6 Å². The van der Waals surface area contributed by atoms with Gasteiger partial charge in [0.25, 0.3) is 0 Å². The molecular weight excluding hydrogens is 362 g/mol. The summed E-state index contributed by atoms with van der Waals surface area (Å²) in [6.45, 7) is 4.11. The molecule has 2 amide bonds. The van der Waals surface area contributed by atoms with Gasteiger partial charge in [-0.2, -0.15) is 0 Å². The van der Waals surface area contributed by atoms with Gasteiger partial charge in [-0.1, -0.05) is 37.6 Å². The molecule has 1 aliphatic carbocycles. The van der Waals surface area contributed by atoms with Crippen LogP contribution in [0, 0.1) is 5.92 Å². The van der Waals surface area contributed by atoms with E-state index in [9.17, 15) is 4.79 Å². The van der Waals surface area contributed by atoms with Gasteiger partial charge in [0.15, 0.2) is 11.5 Å². The summed E-state index contributed by atoms with van der Waals surface area (Å²) in [6, 6.07) is 11.2. The lowest BCUT2D eigenvalue weighted by Crippen LogP contribution is -2.41. The van der Waals surface area contributed by atoms with E-state index in [1.54, 1.807) is 0 Å². The van der Waals surface area contributed by atoms with Gasteiger partial charge < -0.3 is 10.6 Å². The molecule has 7 heteroatoms. The molecule has 2 heterocycles. The van der Waals surface area contributed by atoms with E-state index in [0.717, 1.165) is 34.9 Å². The van der Waals surface area contributed by atoms with Crippen molar-refractivity contribution in [3.05, 3.63) is 64.6 Å². The maximum absolute atomic E-state index is 12.7. The molecule has 2 N–H and O–H groups in total. The van der Waals surface area contributed by atoms with Crippen LogP contribution < -0.4 is 10.6 Å². The van der Waals surface area contributed by atoms with Crippen molar-refractivity contribution in [3.8, 4) is 0 Å². The van der Waals surface area contributed by atoms with Crippen molar-refractivity contribution < 1.29 is 4.79 Å². The van der Waals surface area contributed by atoms with Gasteiger partial charge in [-0.3, -0.25) is 4.40 Å². The molecule has 1 aliphatic rings. The molecule has 6 nitrogen and oxygen atoms in total. The average molecular weight is 384 g/mol. The standard InChI is InChI=1S/C20H22ClN5O/c1-12(2)18(19-25-24-17-5-3-4-10-26(17)19)23-20(27)22-16-9-6-13-11-14(21)7-8-15(13)16/h3-5,7-8,10-12,16,18H,6,9H2,1-2H3,(H2,22,23,27)/t16-,18?/m1/s1. The van der Waals surface area contributed by atoms with Crippen LogP contribution in [-0.4, -0.2) is 20.6 Å². The molecule has 0 spiro atoms. The highest BCUT2D eigenvalue weighted by Crippen LogP contribution is 2.33. The van der Waals surface area contributed by atoms with Crippen molar-refractivity contribution in [1.29, 1.82) is 0 Å². The second kappa shape index (κ2) is 7.19. The second-order valence-corrected chi connectivity index (χ2v) is 7.70. The second-order valence-electron chi connectivity index (χ2n) is 7.26. The van der Waals surface area contributed by atoms with Crippen LogP contribution in [0.4, 0.5) is 4.79 Å². The van der Waals surface area contributed by atoms with Gasteiger partial charge in [-0.25, -0.2) is 4.79 Å². The summed E-state index contributed by atoms with van der Waals surface area (Å²) in [6.07, 6.45) is 3.71. The van der Waals surface area contributed by atoms with Crippen LogP contribution in [0.3, 0.4) is 0 Å². The highest BCUT2D eigenvalue weighted by Gasteiger charge is 2.27. The number of carbonyl (C=O) groups excluding carboxylic acids is 1. The zero-order valence-electron chi connectivity index (χ0n) is 15.3. The number of aryl methyl sites for hydroxylation is 1. The van der Waals surface area contributed by atoms with Crippen molar-refractivity contribution in [1.82, 2.24) is 25.2 Å². The van der Waals surface area contributed by atoms with Crippen LogP contribution in [-0.2, 0) is 6.42 Å². The summed E-state index contributed by atoms with van der Waals surface area (Å²) in [4.78, 5) is 12.7. The maximum Gasteiger partial charge on any atom is 0.315 e. The van der Waals surface area contributed by atoms with E-state index in [2.05, 4.69) is 34.7 Å². The lowest BCUT2D eigenvalue weighted by molar-refractivity contribution is 0.228. The van der Waals surface area contributed by atoms with Crippen molar-refractivity contribution in [3.63, 3.8) is 0 Å². The third-order valence-corrected chi connectivity index (χ3v) is 5.29. The van der Waals surface area contributed by atoms with Gasteiger partial charge in [0.1, 0.15) is 0 Å². The molecule has 0 radical (unpaired) electrons. The minimum absolute atomic E-state index is 0.000206. The number of amides is 2. The Morgan fingerprint density at radius 3 is 2.93 bits per heavy atom. The van der Waals surface area contributed by atoms with Crippen LogP contribution in [0.25, 0.3) is 5.65 Å². The highest BCUT2D eigenvalue weighted by atomic mass is 35.5. The number of urea groups is 1. The van der Waals surface area contributed by atoms with Crippen molar-refractivity contribution in [2.75, 3.05) is 0 Å². The number of aromatic nitrogens is 3. The van der Waals surface area contributed by atoms with Crippen LogP contribution in [0.1, 0.15) is 49.3 Å². The molecule has 4 rings (SSSR count). The summed E-state index contributed by atoms with van der Waals surface area (Å²) in [7, 11) is 0. The monoisotopic (exact) mass is 383 g/mol. The fraction of sp³-hybridized carbons (Fsp3) is 0.350. The summed E-state index contributed by atoms with van der Waals surface area (Å²) in [5.74, 6) is 0.896. The topological polar surface area (TPSA) is 71.3 Å². The van der Waals surface area contributed by atoms with Crippen molar-refractivity contribution >= 4 is 23.3 Å². The van der Waals surface area contributed by atoms with E-state index >= 15 is 0 Å². The summed E-state index contributed by atoms with van der Waals surface area (Å²) in [5, 5.41) is 15.4. The normalized spacial score (nSPS) is 17.1. The third-order valence-electron chi connectivity index (χ3n) is 5.06. The zero-order chi connectivity index (χ0) is 19.0. The first-order chi connectivity index (χ1) is 13.0. The molecule has 1 aromatic carbocycles. The van der Waals surface area contributed by atoms with Crippen molar-refractivity contribution in [2.45, 2.75) is 38.8 Å². The molecule has 0 saturated heterocycles. The number of hydrogen-bond donors (Lipinski definition) is 2. The maximum atomic E-state index is 12.7. The molecular formula is C20H22ClN5O. The number of pyridine rings is 1. The predicted molar refractivity (Wildman–Crippen MR) is 105 cm³/mol. The molecule has 27 heavy (non-hydrogen) atoms. The lowest BCUT2D eigenvalue weighted by atomic mass is 10.0. The Morgan fingerprint density at radius 2 is 2.11 bits per heavy atom. The highest BCUT2D eigenvalue weighted by molar-refractivity contribution is 6.30. The van der Waals surface area contributed by atoms with Gasteiger partial charge in [0.2, 0.25) is 0 Å². The number of hydrogen-bond acceptors (Lipinski definition) is 3. The number of halogens is 1. The van der Waals surface area contributed by atoms with E-state index in [-0.39, 0.29) is 24.0 Å². The van der Waals surface area contributed by atoms with E-state index in [4.69, 9.17) is 11.6 Å². The van der Waals surface area contributed by atoms with Gasteiger partial charge in [-0.05, 0) is 54.2 Å². The van der Waals surface area contributed by atoms with E-state index in [1.165, 1.54) is 5.56 Å². The van der Waals surface area contributed by atoms with Gasteiger partial charge in [0, 0.05) is 11.2 Å². The van der Waals surface area contributed by atoms with Crippen LogP contribution in [0.5, 0.6) is 0 Å². The number of rotatable bonds is 4. The Labute approximate surface area is 162 Å². The Kier molecular flexibility index (Phi) is 4.74. The summed E-state index contributed by atoms with van der Waals surface area (Å²) in [5.41, 5.74) is 3.11. The Hall–Kier alpha value is -2.60. The fourth-order valence-corrected chi connectivity index (χ4v) is 3.87. The van der Waals surface area contributed by atoms with Crippen LogP contribution in [0.15, 0.2) is 42.6 Å². The molecule has 0 saturated carbocycles. The average Bonchev–Trinajstić information content (AvgIpc) is 3.23. The largest absolute Gasteiger partial charge is 0.331 e. The molecule has 3 aromatic rings. The lowest BCUT2D eigenvalue weighted by Gasteiger charge is -2.23. The minimum atomic E-state index is -0.242. The molecule has 0 fully saturated rings. The quantitative estimate of drug-likeness (QED) is 0.713. The Balaban J connectivity index is 1.51. The van der Waals surface area contributed by atoms with Gasteiger partial charge in [-0.15, -0.1) is 10.2 Å². The number of benzene rings is 1. The number of nitrogens with one attached hydrogen (secondary N) is 2. The van der Waals surface area contributed by atoms with E-state index in [0.29, 0.717) is 0 Å². The first kappa shape index (κ1) is 17.8. The zero-order valence-corrected chi connectivity index (χ0v) is 16.1. The smallest absolute Gasteiger partial charge is 0.315 e. The van der Waals surface area contributed by atoms with Gasteiger partial charge >= 0.3 is 6.03 Å². The van der Waals surface area contributed by atoms with E-state index in [1.807, 2.05) is 47.0 Å². The fourth-order valence-electron chi connectivity index (χ4n) is 3.68. The summed E-state index contributed by atoms with van der Waals surface area (Å²) >= 11 is 6.07.